The molecule has 200 valence electrons. The van der Waals surface area contributed by atoms with E-state index in [0.717, 1.165) is 57.1 Å². The van der Waals surface area contributed by atoms with Crippen LogP contribution >= 0.6 is 0 Å². The van der Waals surface area contributed by atoms with Crippen LogP contribution in [0.4, 0.5) is 17.6 Å². The molecular formula is C23H39N9O4. The van der Waals surface area contributed by atoms with Crippen molar-refractivity contribution in [2.45, 2.75) is 31.7 Å². The van der Waals surface area contributed by atoms with Crippen molar-refractivity contribution in [3.8, 4) is 0 Å². The van der Waals surface area contributed by atoms with Crippen molar-refractivity contribution < 1.29 is 19.0 Å². The van der Waals surface area contributed by atoms with Gasteiger partial charge in [0.2, 0.25) is 5.95 Å². The number of esters is 1. The fourth-order valence-electron chi connectivity index (χ4n) is 3.84. The normalized spacial score (nSPS) is 16.9. The van der Waals surface area contributed by atoms with Crippen LogP contribution in [0.15, 0.2) is 23.1 Å². The molecule has 0 unspecified atom stereocenters. The molecule has 5 N–H and O–H groups in total. The van der Waals surface area contributed by atoms with E-state index >= 15 is 0 Å². The van der Waals surface area contributed by atoms with Crippen LogP contribution in [0.3, 0.4) is 0 Å². The molecule has 0 saturated carbocycles. The Balaban J connectivity index is 1.50. The van der Waals surface area contributed by atoms with Crippen molar-refractivity contribution in [1.82, 2.24) is 20.6 Å². The summed E-state index contributed by atoms with van der Waals surface area (Å²) in [6.45, 7) is 6.75. The molecule has 0 spiro atoms. The summed E-state index contributed by atoms with van der Waals surface area (Å²) >= 11 is 0. The second-order valence-electron chi connectivity index (χ2n) is 8.55. The van der Waals surface area contributed by atoms with Crippen LogP contribution in [0.2, 0.25) is 0 Å². The van der Waals surface area contributed by atoms with Gasteiger partial charge in [-0.1, -0.05) is 0 Å². The van der Waals surface area contributed by atoms with Crippen LogP contribution in [0.5, 0.6) is 0 Å². The maximum absolute atomic E-state index is 11.0. The molecule has 13 heteroatoms. The van der Waals surface area contributed by atoms with Crippen molar-refractivity contribution in [3.63, 3.8) is 0 Å². The van der Waals surface area contributed by atoms with E-state index in [4.69, 9.17) is 20.0 Å². The summed E-state index contributed by atoms with van der Waals surface area (Å²) in [4.78, 5) is 22.6. The molecule has 1 aromatic rings. The molecule has 3 rings (SSSR count). The number of hydrogen-bond donors (Lipinski definition) is 5. The molecule has 2 saturated heterocycles. The van der Waals surface area contributed by atoms with Gasteiger partial charge in [-0.3, -0.25) is 4.79 Å². The standard InChI is InChI=1S/C23H39N9O4/c1-34-22(33)5-12-35-11-2-6-26-16-19(31-24)17-27-23-29-20(28-18-3-7-25-8-4-18)15-21(30-23)32-9-13-36-14-10-32/h15-16,18,24-26H,2-14,17H2,1H3,(H2,27,28,29,30)/b19-16-,31-24?. The van der Waals surface area contributed by atoms with Gasteiger partial charge in [-0.05, 0) is 32.4 Å². The predicted molar refractivity (Wildman–Crippen MR) is 136 cm³/mol. The number of piperidine rings is 1. The highest BCUT2D eigenvalue weighted by Gasteiger charge is 2.18. The first-order valence-corrected chi connectivity index (χ1v) is 12.6. The molecule has 0 bridgehead atoms. The molecule has 2 aliphatic rings. The van der Waals surface area contributed by atoms with Crippen molar-refractivity contribution in [3.05, 3.63) is 18.0 Å². The molecule has 13 nitrogen and oxygen atoms in total. The van der Waals surface area contributed by atoms with Gasteiger partial charge in [0, 0.05) is 44.5 Å². The second kappa shape index (κ2) is 15.9. The van der Waals surface area contributed by atoms with Crippen molar-refractivity contribution in [1.29, 1.82) is 5.53 Å². The highest BCUT2D eigenvalue weighted by Crippen LogP contribution is 2.21. The first-order chi connectivity index (χ1) is 17.7. The number of morpholine rings is 1. The Labute approximate surface area is 212 Å². The number of carbonyl (C=O) groups is 1. The highest BCUT2D eigenvalue weighted by atomic mass is 16.5. The van der Waals surface area contributed by atoms with Gasteiger partial charge in [0.25, 0.3) is 0 Å². The number of anilines is 3. The summed E-state index contributed by atoms with van der Waals surface area (Å²) in [6, 6.07) is 2.37. The molecule has 36 heavy (non-hydrogen) atoms. The van der Waals surface area contributed by atoms with Gasteiger partial charge >= 0.3 is 5.97 Å². The number of ether oxygens (including phenoxy) is 3. The average molecular weight is 506 g/mol. The Kier molecular flexibility index (Phi) is 12.1. The van der Waals surface area contributed by atoms with Crippen LogP contribution in [0.25, 0.3) is 0 Å². The monoisotopic (exact) mass is 505 g/mol. The molecule has 0 radical (unpaired) electrons. The molecule has 0 amide bonds. The lowest BCUT2D eigenvalue weighted by Gasteiger charge is -2.29. The summed E-state index contributed by atoms with van der Waals surface area (Å²) in [5.41, 5.74) is 8.02. The third-order valence-corrected chi connectivity index (χ3v) is 5.87. The number of methoxy groups -OCH3 is 1. The summed E-state index contributed by atoms with van der Waals surface area (Å²) in [6.07, 6.45) is 4.81. The lowest BCUT2D eigenvalue weighted by Crippen LogP contribution is -2.37. The fourth-order valence-corrected chi connectivity index (χ4v) is 3.84. The lowest BCUT2D eigenvalue weighted by atomic mass is 10.1. The number of nitrogens with zero attached hydrogens (tertiary/aromatic N) is 4. The van der Waals surface area contributed by atoms with Gasteiger partial charge in [-0.25, -0.2) is 5.53 Å². The Hall–Kier alpha value is -3.03. The Morgan fingerprint density at radius 3 is 2.86 bits per heavy atom. The summed E-state index contributed by atoms with van der Waals surface area (Å²) < 4.78 is 15.5. The number of aromatic nitrogens is 2. The van der Waals surface area contributed by atoms with Crippen LogP contribution in [0.1, 0.15) is 25.7 Å². The number of rotatable bonds is 15. The molecule has 3 heterocycles. The topological polar surface area (TPSA) is 158 Å². The number of carbonyl (C=O) groups excluding carboxylic acids is 1. The summed E-state index contributed by atoms with van der Waals surface area (Å²) in [5, 5.41) is 16.9. The van der Waals surface area contributed by atoms with Crippen LogP contribution in [0, 0.1) is 5.53 Å². The maximum atomic E-state index is 11.0. The van der Waals surface area contributed by atoms with E-state index in [1.807, 2.05) is 6.07 Å². The minimum absolute atomic E-state index is 0.251. The quantitative estimate of drug-likeness (QED) is 0.133. The third kappa shape index (κ3) is 9.91. The van der Waals surface area contributed by atoms with Crippen LogP contribution in [-0.4, -0.2) is 94.8 Å². The van der Waals surface area contributed by atoms with Crippen molar-refractivity contribution >= 4 is 23.6 Å². The largest absolute Gasteiger partial charge is 0.469 e. The lowest BCUT2D eigenvalue weighted by molar-refractivity contribution is -0.141. The van der Waals surface area contributed by atoms with E-state index in [1.54, 1.807) is 6.20 Å². The summed E-state index contributed by atoms with van der Waals surface area (Å²) in [7, 11) is 1.36. The molecule has 0 aromatic carbocycles. The van der Waals surface area contributed by atoms with E-state index in [2.05, 4.69) is 41.0 Å². The van der Waals surface area contributed by atoms with Gasteiger partial charge in [-0.15, -0.1) is 0 Å². The van der Waals surface area contributed by atoms with Gasteiger partial charge in [-0.2, -0.15) is 15.1 Å². The zero-order valence-corrected chi connectivity index (χ0v) is 21.1. The highest BCUT2D eigenvalue weighted by molar-refractivity contribution is 5.69. The molecule has 2 fully saturated rings. The molecule has 0 aliphatic carbocycles. The second-order valence-corrected chi connectivity index (χ2v) is 8.55. The van der Waals surface area contributed by atoms with Gasteiger partial charge in [0.05, 0.1) is 45.6 Å². The number of nitrogens with one attached hydrogen (secondary N) is 5. The van der Waals surface area contributed by atoms with E-state index in [9.17, 15) is 4.79 Å². The molecular weight excluding hydrogens is 466 g/mol. The van der Waals surface area contributed by atoms with E-state index in [-0.39, 0.29) is 12.4 Å². The zero-order valence-electron chi connectivity index (χ0n) is 21.1. The number of hydrogen-bond acceptors (Lipinski definition) is 13. The van der Waals surface area contributed by atoms with E-state index in [0.29, 0.717) is 57.2 Å². The van der Waals surface area contributed by atoms with E-state index < -0.39 is 0 Å². The van der Waals surface area contributed by atoms with Crippen LogP contribution < -0.4 is 26.2 Å². The van der Waals surface area contributed by atoms with Crippen molar-refractivity contribution in [2.75, 3.05) is 88.3 Å². The van der Waals surface area contributed by atoms with Crippen LogP contribution in [-0.2, 0) is 19.0 Å². The first-order valence-electron chi connectivity index (χ1n) is 12.6. The minimum Gasteiger partial charge on any atom is -0.469 e. The first kappa shape index (κ1) is 27.6. The van der Waals surface area contributed by atoms with Gasteiger partial charge in [0.15, 0.2) is 0 Å². The van der Waals surface area contributed by atoms with Gasteiger partial charge in [0.1, 0.15) is 11.6 Å². The third-order valence-electron chi connectivity index (χ3n) is 5.87. The Bertz CT molecular complexity index is 843. The zero-order chi connectivity index (χ0) is 25.4. The minimum atomic E-state index is -0.279. The smallest absolute Gasteiger partial charge is 0.307 e. The average Bonchev–Trinajstić information content (AvgIpc) is 2.92. The SMILES string of the molecule is COC(=O)CCOCCCN/C=C(/CNc1nc(NC2CCNCC2)cc(N2CCOCC2)n1)N=N. The Morgan fingerprint density at radius 1 is 1.31 bits per heavy atom. The Morgan fingerprint density at radius 2 is 2.11 bits per heavy atom. The summed E-state index contributed by atoms with van der Waals surface area (Å²) in [5.74, 6) is 1.85. The van der Waals surface area contributed by atoms with Crippen molar-refractivity contribution in [2.24, 2.45) is 5.11 Å². The molecule has 0 atom stereocenters. The van der Waals surface area contributed by atoms with E-state index in [1.165, 1.54) is 7.11 Å². The van der Waals surface area contributed by atoms with Gasteiger partial charge < -0.3 is 40.4 Å². The fraction of sp³-hybridized carbons (Fsp3) is 0.696. The predicted octanol–water partition coefficient (Wildman–Crippen LogP) is 1.32. The maximum Gasteiger partial charge on any atom is 0.307 e. The molecule has 1 aromatic heterocycles. The molecule has 2 aliphatic heterocycles.